The van der Waals surface area contributed by atoms with Crippen LogP contribution in [0.2, 0.25) is 0 Å². The van der Waals surface area contributed by atoms with Gasteiger partial charge in [-0.15, -0.1) is 0 Å². The summed E-state index contributed by atoms with van der Waals surface area (Å²) in [6, 6.07) is 6.30. The molecule has 0 radical (unpaired) electrons. The highest BCUT2D eigenvalue weighted by molar-refractivity contribution is 5.42. The summed E-state index contributed by atoms with van der Waals surface area (Å²) in [5, 5.41) is 18.2. The van der Waals surface area contributed by atoms with Crippen molar-refractivity contribution >= 4 is 0 Å². The molecule has 0 aromatic heterocycles. The zero-order valence-corrected chi connectivity index (χ0v) is 7.77. The third kappa shape index (κ3) is 2.22. The Bertz CT molecular complexity index is 357. The Morgan fingerprint density at radius 2 is 2.21 bits per heavy atom. The molecular formula is C10H13N3O. The Hall–Kier alpha value is -1.57. The van der Waals surface area contributed by atoms with Gasteiger partial charge in [-0.2, -0.15) is 5.26 Å². The van der Waals surface area contributed by atoms with Crippen LogP contribution in [-0.4, -0.2) is 11.7 Å². The average molecular weight is 191 g/mol. The van der Waals surface area contributed by atoms with E-state index in [1.54, 1.807) is 12.1 Å². The number of nitrogens with two attached hydrogens (primary N) is 2. The van der Waals surface area contributed by atoms with Crippen molar-refractivity contribution in [1.29, 1.82) is 5.26 Å². The molecule has 1 atom stereocenters. The highest BCUT2D eigenvalue weighted by atomic mass is 16.3. The summed E-state index contributed by atoms with van der Waals surface area (Å²) >= 11 is 0. The molecule has 1 aromatic rings. The number of benzene rings is 1. The van der Waals surface area contributed by atoms with Crippen molar-refractivity contribution < 1.29 is 5.11 Å². The van der Waals surface area contributed by atoms with Gasteiger partial charge >= 0.3 is 0 Å². The highest BCUT2D eigenvalue weighted by Crippen LogP contribution is 2.25. The second-order valence-corrected chi connectivity index (χ2v) is 3.07. The SMILES string of the molecule is N#Cc1ccc(O)c([C@H](N)CCN)c1. The molecule has 0 aliphatic carbocycles. The van der Waals surface area contributed by atoms with Crippen LogP contribution in [0.5, 0.6) is 5.75 Å². The summed E-state index contributed by atoms with van der Waals surface area (Å²) < 4.78 is 0. The van der Waals surface area contributed by atoms with E-state index in [9.17, 15) is 5.11 Å². The first kappa shape index (κ1) is 10.5. The molecule has 0 heterocycles. The van der Waals surface area contributed by atoms with Crippen molar-refractivity contribution in [3.8, 4) is 11.8 Å². The van der Waals surface area contributed by atoms with Crippen LogP contribution < -0.4 is 11.5 Å². The van der Waals surface area contributed by atoms with Gasteiger partial charge < -0.3 is 16.6 Å². The van der Waals surface area contributed by atoms with Crippen molar-refractivity contribution in [3.05, 3.63) is 29.3 Å². The number of rotatable bonds is 3. The number of hydrogen-bond acceptors (Lipinski definition) is 4. The smallest absolute Gasteiger partial charge is 0.120 e. The molecule has 5 N–H and O–H groups in total. The zero-order chi connectivity index (χ0) is 10.6. The molecule has 0 amide bonds. The van der Waals surface area contributed by atoms with Gasteiger partial charge in [0.05, 0.1) is 11.6 Å². The maximum atomic E-state index is 9.50. The van der Waals surface area contributed by atoms with E-state index in [1.807, 2.05) is 6.07 Å². The minimum Gasteiger partial charge on any atom is -0.508 e. The largest absolute Gasteiger partial charge is 0.508 e. The lowest BCUT2D eigenvalue weighted by Crippen LogP contribution is -2.15. The zero-order valence-electron chi connectivity index (χ0n) is 7.77. The third-order valence-corrected chi connectivity index (χ3v) is 2.03. The molecule has 1 aromatic carbocycles. The van der Waals surface area contributed by atoms with Gasteiger partial charge in [-0.1, -0.05) is 0 Å². The van der Waals surface area contributed by atoms with E-state index in [2.05, 4.69) is 0 Å². The van der Waals surface area contributed by atoms with E-state index in [0.29, 0.717) is 24.1 Å². The Labute approximate surface area is 82.8 Å². The van der Waals surface area contributed by atoms with Crippen LogP contribution in [-0.2, 0) is 0 Å². The van der Waals surface area contributed by atoms with Crippen LogP contribution >= 0.6 is 0 Å². The van der Waals surface area contributed by atoms with Gasteiger partial charge in [0, 0.05) is 11.6 Å². The van der Waals surface area contributed by atoms with Gasteiger partial charge in [-0.25, -0.2) is 0 Å². The van der Waals surface area contributed by atoms with E-state index in [-0.39, 0.29) is 11.8 Å². The summed E-state index contributed by atoms with van der Waals surface area (Å²) in [6.45, 7) is 0.456. The summed E-state index contributed by atoms with van der Waals surface area (Å²) in [5.74, 6) is 0.116. The summed E-state index contributed by atoms with van der Waals surface area (Å²) in [5.41, 5.74) is 12.2. The molecule has 0 unspecified atom stereocenters. The van der Waals surface area contributed by atoms with Crippen LogP contribution in [0.25, 0.3) is 0 Å². The molecule has 74 valence electrons. The van der Waals surface area contributed by atoms with Gasteiger partial charge in [-0.05, 0) is 31.2 Å². The molecule has 4 nitrogen and oxygen atoms in total. The maximum Gasteiger partial charge on any atom is 0.120 e. The molecule has 4 heteroatoms. The van der Waals surface area contributed by atoms with Gasteiger partial charge in [0.15, 0.2) is 0 Å². The van der Waals surface area contributed by atoms with Crippen molar-refractivity contribution in [1.82, 2.24) is 0 Å². The lowest BCUT2D eigenvalue weighted by molar-refractivity contribution is 0.459. The monoisotopic (exact) mass is 191 g/mol. The fraction of sp³-hybridized carbons (Fsp3) is 0.300. The van der Waals surface area contributed by atoms with Crippen LogP contribution in [0.4, 0.5) is 0 Å². The van der Waals surface area contributed by atoms with Crippen LogP contribution in [0.1, 0.15) is 23.6 Å². The first-order chi connectivity index (χ1) is 6.69. The highest BCUT2D eigenvalue weighted by Gasteiger charge is 2.10. The lowest BCUT2D eigenvalue weighted by Gasteiger charge is -2.12. The Kier molecular flexibility index (Phi) is 3.46. The number of phenolic OH excluding ortho intramolecular Hbond substituents is 1. The molecular weight excluding hydrogens is 178 g/mol. The molecule has 0 fully saturated rings. The van der Waals surface area contributed by atoms with E-state index < -0.39 is 0 Å². The molecule has 14 heavy (non-hydrogen) atoms. The Balaban J connectivity index is 3.01. The van der Waals surface area contributed by atoms with Crippen molar-refractivity contribution in [3.63, 3.8) is 0 Å². The van der Waals surface area contributed by atoms with Gasteiger partial charge in [0.2, 0.25) is 0 Å². The molecule has 0 spiro atoms. The normalized spacial score (nSPS) is 12.1. The average Bonchev–Trinajstić information content (AvgIpc) is 2.19. The van der Waals surface area contributed by atoms with E-state index in [1.165, 1.54) is 6.07 Å². The Morgan fingerprint density at radius 1 is 1.50 bits per heavy atom. The predicted octanol–water partition coefficient (Wildman–Crippen LogP) is 0.612. The molecule has 0 aliphatic rings. The van der Waals surface area contributed by atoms with Crippen molar-refractivity contribution in [2.24, 2.45) is 11.5 Å². The Morgan fingerprint density at radius 3 is 2.79 bits per heavy atom. The lowest BCUT2D eigenvalue weighted by atomic mass is 10.0. The number of phenols is 1. The first-order valence-corrected chi connectivity index (χ1v) is 4.37. The van der Waals surface area contributed by atoms with E-state index in [0.717, 1.165) is 0 Å². The molecule has 0 saturated heterocycles. The minimum absolute atomic E-state index is 0.116. The molecule has 1 rings (SSSR count). The quantitative estimate of drug-likeness (QED) is 0.652. The minimum atomic E-state index is -0.312. The number of aromatic hydroxyl groups is 1. The van der Waals surface area contributed by atoms with Gasteiger partial charge in [-0.3, -0.25) is 0 Å². The van der Waals surface area contributed by atoms with Crippen LogP contribution in [0, 0.1) is 11.3 Å². The number of nitriles is 1. The first-order valence-electron chi connectivity index (χ1n) is 4.37. The van der Waals surface area contributed by atoms with Crippen LogP contribution in [0.3, 0.4) is 0 Å². The topological polar surface area (TPSA) is 96.1 Å². The fourth-order valence-corrected chi connectivity index (χ4v) is 1.26. The van der Waals surface area contributed by atoms with Crippen molar-refractivity contribution in [2.45, 2.75) is 12.5 Å². The number of hydrogen-bond donors (Lipinski definition) is 3. The number of nitrogens with zero attached hydrogens (tertiary/aromatic N) is 1. The van der Waals surface area contributed by atoms with E-state index >= 15 is 0 Å². The van der Waals surface area contributed by atoms with Gasteiger partial charge in [0.25, 0.3) is 0 Å². The molecule has 0 aliphatic heterocycles. The van der Waals surface area contributed by atoms with Gasteiger partial charge in [0.1, 0.15) is 5.75 Å². The summed E-state index contributed by atoms with van der Waals surface area (Å²) in [4.78, 5) is 0. The van der Waals surface area contributed by atoms with Crippen molar-refractivity contribution in [2.75, 3.05) is 6.54 Å². The van der Waals surface area contributed by atoms with E-state index in [4.69, 9.17) is 16.7 Å². The predicted molar refractivity (Wildman–Crippen MR) is 53.4 cm³/mol. The fourth-order valence-electron chi connectivity index (χ4n) is 1.26. The molecule has 0 bridgehead atoms. The summed E-state index contributed by atoms with van der Waals surface area (Å²) in [6.07, 6.45) is 0.586. The second-order valence-electron chi connectivity index (χ2n) is 3.07. The maximum absolute atomic E-state index is 9.50. The third-order valence-electron chi connectivity index (χ3n) is 2.03. The standard InChI is InChI=1S/C10H13N3O/c11-4-3-9(13)8-5-7(6-12)1-2-10(8)14/h1-2,5,9,14H,3-4,11,13H2/t9-/m1/s1. The van der Waals surface area contributed by atoms with Crippen LogP contribution in [0.15, 0.2) is 18.2 Å². The second kappa shape index (κ2) is 4.61. The summed E-state index contributed by atoms with van der Waals surface area (Å²) in [7, 11) is 0. The molecule has 0 saturated carbocycles.